The van der Waals surface area contributed by atoms with Crippen molar-refractivity contribution in [3.8, 4) is 0 Å². The monoisotopic (exact) mass is 297 g/mol. The first-order valence-electron chi connectivity index (χ1n) is 7.78. The molecule has 0 bridgehead atoms. The lowest BCUT2D eigenvalue weighted by atomic mass is 9.71. The molecule has 0 saturated heterocycles. The van der Waals surface area contributed by atoms with Crippen LogP contribution in [0.5, 0.6) is 0 Å². The highest BCUT2D eigenvalue weighted by atomic mass is 16.3. The zero-order valence-corrected chi connectivity index (χ0v) is 13.2. The molecule has 3 rings (SSSR count). The predicted octanol–water partition coefficient (Wildman–Crippen LogP) is 2.66. The molecule has 1 aliphatic carbocycles. The van der Waals surface area contributed by atoms with Gasteiger partial charge in [-0.3, -0.25) is 0 Å². The fraction of sp³-hybridized carbons (Fsp3) is 0.368. The van der Waals surface area contributed by atoms with E-state index in [2.05, 4.69) is 4.90 Å². The first-order chi connectivity index (χ1) is 10.5. The maximum absolute atomic E-state index is 11.5. The second-order valence-electron chi connectivity index (χ2n) is 6.34. The van der Waals surface area contributed by atoms with Crippen molar-refractivity contribution in [2.75, 3.05) is 20.6 Å². The fourth-order valence-corrected chi connectivity index (χ4v) is 3.46. The molecule has 0 spiro atoms. The molecule has 1 aliphatic rings. The van der Waals surface area contributed by atoms with Gasteiger partial charge in [-0.25, -0.2) is 0 Å². The van der Waals surface area contributed by atoms with Crippen LogP contribution in [0.25, 0.3) is 0 Å². The molecule has 0 saturated carbocycles. The third-order valence-electron chi connectivity index (χ3n) is 4.55. The van der Waals surface area contributed by atoms with Crippen molar-refractivity contribution in [3.05, 3.63) is 70.8 Å². The van der Waals surface area contributed by atoms with Crippen molar-refractivity contribution in [2.45, 2.75) is 24.5 Å². The van der Waals surface area contributed by atoms with Gasteiger partial charge < -0.3 is 15.1 Å². The molecule has 0 heterocycles. The summed E-state index contributed by atoms with van der Waals surface area (Å²) in [7, 11) is 4.08. The fourth-order valence-electron chi connectivity index (χ4n) is 3.46. The van der Waals surface area contributed by atoms with E-state index < -0.39 is 11.7 Å². The molecular weight excluding hydrogens is 274 g/mol. The molecule has 0 unspecified atom stereocenters. The molecule has 116 valence electrons. The molecule has 0 aromatic heterocycles. The summed E-state index contributed by atoms with van der Waals surface area (Å²) in [6, 6.07) is 15.4. The van der Waals surface area contributed by atoms with E-state index in [0.29, 0.717) is 6.42 Å². The minimum atomic E-state index is -1.03. The van der Waals surface area contributed by atoms with Crippen LogP contribution in [-0.2, 0) is 5.60 Å². The molecule has 0 aliphatic heterocycles. The quantitative estimate of drug-likeness (QED) is 0.912. The smallest absolute Gasteiger partial charge is 0.115 e. The largest absolute Gasteiger partial charge is 0.384 e. The lowest BCUT2D eigenvalue weighted by Gasteiger charge is -2.39. The second kappa shape index (κ2) is 5.84. The Morgan fingerprint density at radius 2 is 1.45 bits per heavy atom. The number of nitrogens with zero attached hydrogens (tertiary/aromatic N) is 1. The molecule has 2 aromatic carbocycles. The van der Waals surface area contributed by atoms with Crippen molar-refractivity contribution in [3.63, 3.8) is 0 Å². The molecular formula is C19H23NO2. The first kappa shape index (κ1) is 15.2. The lowest BCUT2D eigenvalue weighted by molar-refractivity contribution is 0.0527. The van der Waals surface area contributed by atoms with Crippen LogP contribution in [0.1, 0.15) is 41.2 Å². The van der Waals surface area contributed by atoms with Crippen molar-refractivity contribution in [1.29, 1.82) is 0 Å². The Morgan fingerprint density at radius 1 is 0.955 bits per heavy atom. The van der Waals surface area contributed by atoms with E-state index >= 15 is 0 Å². The maximum Gasteiger partial charge on any atom is 0.115 e. The highest BCUT2D eigenvalue weighted by Crippen LogP contribution is 2.46. The number of benzene rings is 2. The molecule has 2 N–H and O–H groups in total. The lowest BCUT2D eigenvalue weighted by Crippen LogP contribution is -2.35. The predicted molar refractivity (Wildman–Crippen MR) is 87.7 cm³/mol. The third-order valence-corrected chi connectivity index (χ3v) is 4.55. The Balaban J connectivity index is 2.07. The van der Waals surface area contributed by atoms with E-state index in [1.165, 1.54) is 0 Å². The van der Waals surface area contributed by atoms with Gasteiger partial charge in [0.2, 0.25) is 0 Å². The molecule has 22 heavy (non-hydrogen) atoms. The molecule has 3 heteroatoms. The molecule has 2 aromatic rings. The molecule has 0 atom stereocenters. The van der Waals surface area contributed by atoms with Crippen LogP contribution in [0.3, 0.4) is 0 Å². The SMILES string of the molecule is CN(C)CCCC1(O)c2ccccc2C(O)c2ccccc21. The summed E-state index contributed by atoms with van der Waals surface area (Å²) in [6.45, 7) is 0.926. The number of hydrogen-bond donors (Lipinski definition) is 2. The topological polar surface area (TPSA) is 43.7 Å². The molecule has 0 radical (unpaired) electrons. The summed E-state index contributed by atoms with van der Waals surface area (Å²) >= 11 is 0. The Labute approximate surface area is 131 Å². The summed E-state index contributed by atoms with van der Waals surface area (Å²) in [5.74, 6) is 0. The van der Waals surface area contributed by atoms with Crippen LogP contribution in [0, 0.1) is 0 Å². The van der Waals surface area contributed by atoms with Crippen molar-refractivity contribution >= 4 is 0 Å². The van der Waals surface area contributed by atoms with Gasteiger partial charge in [0.15, 0.2) is 0 Å². The van der Waals surface area contributed by atoms with Crippen LogP contribution in [-0.4, -0.2) is 35.8 Å². The zero-order valence-electron chi connectivity index (χ0n) is 13.2. The van der Waals surface area contributed by atoms with Gasteiger partial charge in [-0.15, -0.1) is 0 Å². The van der Waals surface area contributed by atoms with Gasteiger partial charge in [0.25, 0.3) is 0 Å². The maximum atomic E-state index is 11.5. The molecule has 3 nitrogen and oxygen atoms in total. The summed E-state index contributed by atoms with van der Waals surface area (Å²) in [6.07, 6.45) is 0.871. The van der Waals surface area contributed by atoms with E-state index in [9.17, 15) is 10.2 Å². The van der Waals surface area contributed by atoms with Crippen LogP contribution in [0.15, 0.2) is 48.5 Å². The van der Waals surface area contributed by atoms with Crippen molar-refractivity contribution in [1.82, 2.24) is 4.90 Å². The van der Waals surface area contributed by atoms with Gasteiger partial charge >= 0.3 is 0 Å². The minimum absolute atomic E-state index is 0.645. The van der Waals surface area contributed by atoms with Gasteiger partial charge in [-0.1, -0.05) is 48.5 Å². The Hall–Kier alpha value is -1.68. The highest BCUT2D eigenvalue weighted by molar-refractivity contribution is 5.53. The summed E-state index contributed by atoms with van der Waals surface area (Å²) in [4.78, 5) is 2.12. The standard InChI is InChI=1S/C19H23NO2/c1-20(2)13-7-12-19(22)16-10-5-3-8-14(16)18(21)15-9-4-6-11-17(15)19/h3-6,8-11,18,21-22H,7,12-13H2,1-2H3. The molecule has 0 amide bonds. The number of aliphatic hydroxyl groups is 2. The van der Waals surface area contributed by atoms with Crippen LogP contribution < -0.4 is 0 Å². The Morgan fingerprint density at radius 3 is 1.95 bits per heavy atom. The Bertz CT molecular complexity index is 618. The summed E-state index contributed by atoms with van der Waals surface area (Å²) < 4.78 is 0. The minimum Gasteiger partial charge on any atom is -0.384 e. The van der Waals surface area contributed by atoms with Gasteiger partial charge in [0.05, 0.1) is 0 Å². The Kier molecular flexibility index (Phi) is 4.04. The second-order valence-corrected chi connectivity index (χ2v) is 6.34. The first-order valence-corrected chi connectivity index (χ1v) is 7.78. The van der Waals surface area contributed by atoms with E-state index in [4.69, 9.17) is 0 Å². The summed E-state index contributed by atoms with van der Waals surface area (Å²) in [5, 5.41) is 22.1. The average Bonchev–Trinajstić information content (AvgIpc) is 2.53. The summed E-state index contributed by atoms with van der Waals surface area (Å²) in [5.41, 5.74) is 2.27. The van der Waals surface area contributed by atoms with E-state index in [1.54, 1.807) is 0 Å². The molecule has 0 fully saturated rings. The van der Waals surface area contributed by atoms with Gasteiger partial charge in [0.1, 0.15) is 11.7 Å². The zero-order chi connectivity index (χ0) is 15.7. The van der Waals surface area contributed by atoms with Crippen LogP contribution >= 0.6 is 0 Å². The van der Waals surface area contributed by atoms with Crippen molar-refractivity contribution < 1.29 is 10.2 Å². The van der Waals surface area contributed by atoms with E-state index in [1.807, 2.05) is 62.6 Å². The van der Waals surface area contributed by atoms with E-state index in [0.717, 1.165) is 35.2 Å². The highest BCUT2D eigenvalue weighted by Gasteiger charge is 2.41. The number of hydrogen-bond acceptors (Lipinski definition) is 3. The van der Waals surface area contributed by atoms with E-state index in [-0.39, 0.29) is 0 Å². The van der Waals surface area contributed by atoms with Gasteiger partial charge in [0, 0.05) is 0 Å². The van der Waals surface area contributed by atoms with Crippen LogP contribution in [0.4, 0.5) is 0 Å². The average molecular weight is 297 g/mol. The van der Waals surface area contributed by atoms with Crippen molar-refractivity contribution in [2.24, 2.45) is 0 Å². The van der Waals surface area contributed by atoms with Gasteiger partial charge in [-0.2, -0.15) is 0 Å². The number of rotatable bonds is 4. The number of fused-ring (bicyclic) bond motifs is 2. The normalized spacial score (nSPS) is 23.2. The number of aliphatic hydroxyl groups excluding tert-OH is 1. The van der Waals surface area contributed by atoms with Gasteiger partial charge in [-0.05, 0) is 55.7 Å². The van der Waals surface area contributed by atoms with Crippen LogP contribution in [0.2, 0.25) is 0 Å². The third kappa shape index (κ3) is 2.45.